The number of nitrogens with zero attached hydrogens (tertiary/aromatic N) is 4. The molecule has 1 aliphatic rings. The summed E-state index contributed by atoms with van der Waals surface area (Å²) in [6, 6.07) is 7.38. The van der Waals surface area contributed by atoms with Crippen molar-refractivity contribution in [2.75, 3.05) is 12.3 Å². The molecular formula is C14H13ClN4O2S. The maximum Gasteiger partial charge on any atom is 0.229 e. The molecule has 1 fully saturated rings. The molecule has 1 aromatic heterocycles. The number of carbonyl (C=O) groups excluding carboxylic acids is 2. The Morgan fingerprint density at radius 2 is 2.00 bits per heavy atom. The van der Waals surface area contributed by atoms with Crippen LogP contribution in [0.25, 0.3) is 5.69 Å². The van der Waals surface area contributed by atoms with Gasteiger partial charge in [0.2, 0.25) is 11.8 Å². The van der Waals surface area contributed by atoms with Crippen molar-refractivity contribution in [3.8, 4) is 5.69 Å². The predicted molar refractivity (Wildman–Crippen MR) is 83.0 cm³/mol. The predicted octanol–water partition coefficient (Wildman–Crippen LogP) is 2.16. The summed E-state index contributed by atoms with van der Waals surface area (Å²) in [4.78, 5) is 24.4. The first-order valence-electron chi connectivity index (χ1n) is 6.77. The summed E-state index contributed by atoms with van der Waals surface area (Å²) in [6.07, 6.45) is 2.25. The van der Waals surface area contributed by atoms with Crippen LogP contribution in [-0.4, -0.2) is 43.8 Å². The van der Waals surface area contributed by atoms with Gasteiger partial charge in [-0.2, -0.15) is 0 Å². The topological polar surface area (TPSA) is 68.1 Å². The number of amides is 2. The van der Waals surface area contributed by atoms with Crippen LogP contribution in [0, 0.1) is 0 Å². The average Bonchev–Trinajstić information content (AvgIpc) is 3.08. The number of thioether (sulfide) groups is 1. The highest BCUT2D eigenvalue weighted by molar-refractivity contribution is 7.99. The summed E-state index contributed by atoms with van der Waals surface area (Å²) in [5.74, 6) is 0.389. The molecule has 0 bridgehead atoms. The molecule has 2 aromatic rings. The van der Waals surface area contributed by atoms with Crippen LogP contribution < -0.4 is 0 Å². The maximum absolute atomic E-state index is 11.6. The fourth-order valence-corrected chi connectivity index (χ4v) is 3.26. The van der Waals surface area contributed by atoms with E-state index in [1.54, 1.807) is 12.4 Å². The second-order valence-electron chi connectivity index (χ2n) is 4.75. The SMILES string of the molecule is O=C1CCC(=O)N1CCSc1nncn1-c1cccc(Cl)c1. The van der Waals surface area contributed by atoms with Crippen LogP contribution >= 0.6 is 23.4 Å². The molecule has 8 heteroatoms. The molecule has 0 atom stereocenters. The molecule has 0 spiro atoms. The maximum atomic E-state index is 11.6. The van der Waals surface area contributed by atoms with Crippen LogP contribution in [-0.2, 0) is 9.59 Å². The Labute approximate surface area is 136 Å². The zero-order chi connectivity index (χ0) is 15.5. The van der Waals surface area contributed by atoms with E-state index in [1.165, 1.54) is 16.7 Å². The van der Waals surface area contributed by atoms with Gasteiger partial charge in [-0.25, -0.2) is 0 Å². The lowest BCUT2D eigenvalue weighted by atomic mass is 10.3. The van der Waals surface area contributed by atoms with Gasteiger partial charge in [0.15, 0.2) is 5.16 Å². The molecule has 22 heavy (non-hydrogen) atoms. The molecule has 1 aliphatic heterocycles. The van der Waals surface area contributed by atoms with Gasteiger partial charge in [0.05, 0.1) is 5.69 Å². The number of aromatic nitrogens is 3. The average molecular weight is 337 g/mol. The van der Waals surface area contributed by atoms with Crippen LogP contribution in [0.5, 0.6) is 0 Å². The lowest BCUT2D eigenvalue weighted by Crippen LogP contribution is -2.31. The van der Waals surface area contributed by atoms with E-state index in [0.717, 1.165) is 5.69 Å². The molecule has 0 saturated carbocycles. The van der Waals surface area contributed by atoms with Gasteiger partial charge in [0, 0.05) is 30.2 Å². The van der Waals surface area contributed by atoms with Gasteiger partial charge in [0.25, 0.3) is 0 Å². The van der Waals surface area contributed by atoms with E-state index >= 15 is 0 Å². The van der Waals surface area contributed by atoms with Crippen molar-refractivity contribution in [3.63, 3.8) is 0 Å². The Kier molecular flexibility index (Phi) is 4.44. The normalized spacial score (nSPS) is 14.9. The standard InChI is InChI=1S/C14H13ClN4O2S/c15-10-2-1-3-11(8-10)19-9-16-17-14(19)22-7-6-18-12(20)4-5-13(18)21/h1-3,8-9H,4-7H2. The first-order chi connectivity index (χ1) is 10.6. The van der Waals surface area contributed by atoms with Gasteiger partial charge in [-0.05, 0) is 18.2 Å². The summed E-state index contributed by atoms with van der Waals surface area (Å²) < 4.78 is 1.82. The van der Waals surface area contributed by atoms with Crippen LogP contribution in [0.2, 0.25) is 5.02 Å². The Balaban J connectivity index is 1.66. The van der Waals surface area contributed by atoms with Crippen LogP contribution in [0.3, 0.4) is 0 Å². The molecule has 1 aromatic carbocycles. The van der Waals surface area contributed by atoms with E-state index in [9.17, 15) is 9.59 Å². The number of hydrogen-bond donors (Lipinski definition) is 0. The second kappa shape index (κ2) is 6.50. The minimum Gasteiger partial charge on any atom is -0.282 e. The van der Waals surface area contributed by atoms with Crippen LogP contribution in [0.4, 0.5) is 0 Å². The number of imide groups is 1. The Hall–Kier alpha value is -1.86. The molecule has 6 nitrogen and oxygen atoms in total. The summed E-state index contributed by atoms with van der Waals surface area (Å²) in [5.41, 5.74) is 0.869. The fourth-order valence-electron chi connectivity index (χ4n) is 2.23. The van der Waals surface area contributed by atoms with E-state index in [0.29, 0.717) is 35.3 Å². The third-order valence-corrected chi connectivity index (χ3v) is 4.46. The monoisotopic (exact) mass is 336 g/mol. The second-order valence-corrected chi connectivity index (χ2v) is 6.25. The van der Waals surface area contributed by atoms with Gasteiger partial charge in [-0.15, -0.1) is 10.2 Å². The molecule has 3 rings (SSSR count). The highest BCUT2D eigenvalue weighted by Crippen LogP contribution is 2.22. The lowest BCUT2D eigenvalue weighted by Gasteiger charge is -2.13. The van der Waals surface area contributed by atoms with E-state index in [1.807, 2.05) is 22.8 Å². The van der Waals surface area contributed by atoms with Crippen LogP contribution in [0.1, 0.15) is 12.8 Å². The van der Waals surface area contributed by atoms with Gasteiger partial charge in [-0.3, -0.25) is 19.1 Å². The van der Waals surface area contributed by atoms with E-state index in [4.69, 9.17) is 11.6 Å². The van der Waals surface area contributed by atoms with Crippen molar-refractivity contribution in [2.24, 2.45) is 0 Å². The number of benzene rings is 1. The Bertz CT molecular complexity index is 702. The number of likely N-dealkylation sites (tertiary alicyclic amines) is 1. The van der Waals surface area contributed by atoms with Gasteiger partial charge >= 0.3 is 0 Å². The quantitative estimate of drug-likeness (QED) is 0.618. The van der Waals surface area contributed by atoms with Crippen molar-refractivity contribution < 1.29 is 9.59 Å². The number of halogens is 1. The van der Waals surface area contributed by atoms with Crippen molar-refractivity contribution >= 4 is 35.2 Å². The summed E-state index contributed by atoms with van der Waals surface area (Å²) >= 11 is 7.44. The molecule has 1 saturated heterocycles. The number of hydrogen-bond acceptors (Lipinski definition) is 5. The summed E-state index contributed by atoms with van der Waals surface area (Å²) in [7, 11) is 0. The van der Waals surface area contributed by atoms with Crippen molar-refractivity contribution in [3.05, 3.63) is 35.6 Å². The fraction of sp³-hybridized carbons (Fsp3) is 0.286. The van der Waals surface area contributed by atoms with Crippen molar-refractivity contribution in [2.45, 2.75) is 18.0 Å². The van der Waals surface area contributed by atoms with E-state index in [-0.39, 0.29) is 11.8 Å². The molecule has 0 N–H and O–H groups in total. The van der Waals surface area contributed by atoms with Crippen molar-refractivity contribution in [1.82, 2.24) is 19.7 Å². The minimum absolute atomic E-state index is 0.0955. The van der Waals surface area contributed by atoms with Gasteiger partial charge < -0.3 is 0 Å². The Morgan fingerprint density at radius 3 is 2.73 bits per heavy atom. The molecule has 0 radical (unpaired) electrons. The summed E-state index contributed by atoms with van der Waals surface area (Å²) in [6.45, 7) is 0.394. The highest BCUT2D eigenvalue weighted by atomic mass is 35.5. The Morgan fingerprint density at radius 1 is 1.23 bits per heavy atom. The third-order valence-electron chi connectivity index (χ3n) is 3.30. The van der Waals surface area contributed by atoms with Crippen molar-refractivity contribution in [1.29, 1.82) is 0 Å². The first kappa shape index (κ1) is 15.1. The largest absolute Gasteiger partial charge is 0.282 e. The molecule has 2 amide bonds. The number of rotatable bonds is 5. The highest BCUT2D eigenvalue weighted by Gasteiger charge is 2.28. The van der Waals surface area contributed by atoms with Crippen LogP contribution in [0.15, 0.2) is 35.7 Å². The molecule has 114 valence electrons. The minimum atomic E-state index is -0.0955. The van der Waals surface area contributed by atoms with Gasteiger partial charge in [-0.1, -0.05) is 29.4 Å². The zero-order valence-electron chi connectivity index (χ0n) is 11.6. The molecule has 0 unspecified atom stereocenters. The third kappa shape index (κ3) is 3.15. The van der Waals surface area contributed by atoms with Gasteiger partial charge in [0.1, 0.15) is 6.33 Å². The lowest BCUT2D eigenvalue weighted by molar-refractivity contribution is -0.137. The smallest absolute Gasteiger partial charge is 0.229 e. The first-order valence-corrected chi connectivity index (χ1v) is 8.13. The summed E-state index contributed by atoms with van der Waals surface area (Å²) in [5, 5.41) is 9.31. The molecular weight excluding hydrogens is 324 g/mol. The van der Waals surface area contributed by atoms with E-state index in [2.05, 4.69) is 10.2 Å². The molecule has 2 heterocycles. The number of carbonyl (C=O) groups is 2. The van der Waals surface area contributed by atoms with E-state index < -0.39 is 0 Å². The zero-order valence-corrected chi connectivity index (χ0v) is 13.2. The molecule has 0 aliphatic carbocycles.